The van der Waals surface area contributed by atoms with Crippen molar-refractivity contribution >= 4 is 21.8 Å². The van der Waals surface area contributed by atoms with Crippen molar-refractivity contribution in [3.63, 3.8) is 0 Å². The van der Waals surface area contributed by atoms with Crippen LogP contribution < -0.4 is 0 Å². The first-order valence-corrected chi connectivity index (χ1v) is 11.6. The standard InChI is InChI=1S/C24H22N2O4S/c27-23-21-13-7-8-14-22(21)24(28)26(23)15-16-31(29,30)25(17-19-9-3-1-4-10-19)18-20-11-5-2-6-12-20/h1-14H,15-18H2. The molecule has 3 aromatic carbocycles. The maximum absolute atomic E-state index is 13.3. The SMILES string of the molecule is O=C1c2ccccc2C(=O)N1CCS(=O)(=O)N(Cc1ccccc1)Cc1ccccc1. The molecule has 0 unspecified atom stereocenters. The van der Waals surface area contributed by atoms with Crippen molar-refractivity contribution in [1.29, 1.82) is 0 Å². The van der Waals surface area contributed by atoms with E-state index in [-0.39, 0.29) is 25.4 Å². The third kappa shape index (κ3) is 4.57. The van der Waals surface area contributed by atoms with Gasteiger partial charge in [0.15, 0.2) is 0 Å². The number of imide groups is 1. The molecule has 2 amide bonds. The molecule has 0 fully saturated rings. The van der Waals surface area contributed by atoms with Crippen LogP contribution in [0.4, 0.5) is 0 Å². The monoisotopic (exact) mass is 434 g/mol. The van der Waals surface area contributed by atoms with Crippen LogP contribution in [0.1, 0.15) is 31.8 Å². The lowest BCUT2D eigenvalue weighted by molar-refractivity contribution is 0.0663. The number of hydrogen-bond acceptors (Lipinski definition) is 4. The van der Waals surface area contributed by atoms with Crippen molar-refractivity contribution < 1.29 is 18.0 Å². The van der Waals surface area contributed by atoms with E-state index < -0.39 is 21.8 Å². The van der Waals surface area contributed by atoms with E-state index in [0.29, 0.717) is 11.1 Å². The molecule has 0 saturated carbocycles. The first-order valence-electron chi connectivity index (χ1n) is 9.96. The van der Waals surface area contributed by atoms with Gasteiger partial charge < -0.3 is 0 Å². The van der Waals surface area contributed by atoms with E-state index in [2.05, 4.69) is 0 Å². The number of carbonyl (C=O) groups excluding carboxylic acids is 2. The zero-order chi connectivity index (χ0) is 21.8. The van der Waals surface area contributed by atoms with Crippen LogP contribution in [-0.2, 0) is 23.1 Å². The number of nitrogens with zero attached hydrogens (tertiary/aromatic N) is 2. The van der Waals surface area contributed by atoms with Gasteiger partial charge in [-0.15, -0.1) is 0 Å². The summed E-state index contributed by atoms with van der Waals surface area (Å²) in [6.07, 6.45) is 0. The fourth-order valence-electron chi connectivity index (χ4n) is 3.60. The van der Waals surface area contributed by atoms with E-state index in [9.17, 15) is 18.0 Å². The zero-order valence-electron chi connectivity index (χ0n) is 16.8. The van der Waals surface area contributed by atoms with Gasteiger partial charge in [0.05, 0.1) is 16.9 Å². The summed E-state index contributed by atoms with van der Waals surface area (Å²) in [6.45, 7) is 0.231. The molecule has 1 heterocycles. The molecule has 0 atom stereocenters. The molecule has 3 aromatic rings. The number of hydrogen-bond donors (Lipinski definition) is 0. The van der Waals surface area contributed by atoms with Gasteiger partial charge in [0.1, 0.15) is 0 Å². The fourth-order valence-corrected chi connectivity index (χ4v) is 4.97. The van der Waals surface area contributed by atoms with Gasteiger partial charge in [-0.1, -0.05) is 72.8 Å². The maximum atomic E-state index is 13.3. The Bertz CT molecular complexity index is 1120. The number of sulfonamides is 1. The third-order valence-corrected chi connectivity index (χ3v) is 6.99. The van der Waals surface area contributed by atoms with Gasteiger partial charge in [0, 0.05) is 19.6 Å². The van der Waals surface area contributed by atoms with Crippen molar-refractivity contribution in [2.45, 2.75) is 13.1 Å². The molecule has 0 radical (unpaired) electrons. The Kier molecular flexibility index (Phi) is 5.97. The van der Waals surface area contributed by atoms with Crippen molar-refractivity contribution in [2.75, 3.05) is 12.3 Å². The number of fused-ring (bicyclic) bond motifs is 1. The molecular weight excluding hydrogens is 412 g/mol. The van der Waals surface area contributed by atoms with Crippen LogP contribution in [0.15, 0.2) is 84.9 Å². The average Bonchev–Trinajstić information content (AvgIpc) is 3.03. The van der Waals surface area contributed by atoms with Gasteiger partial charge >= 0.3 is 0 Å². The number of amides is 2. The summed E-state index contributed by atoms with van der Waals surface area (Å²) in [5, 5.41) is 0. The lowest BCUT2D eigenvalue weighted by atomic mass is 10.1. The Morgan fingerprint density at radius 3 is 1.52 bits per heavy atom. The summed E-state index contributed by atoms with van der Waals surface area (Å²) in [7, 11) is -3.75. The normalized spacial score (nSPS) is 13.6. The largest absolute Gasteiger partial charge is 0.273 e. The molecule has 0 saturated heterocycles. The summed E-state index contributed by atoms with van der Waals surface area (Å²) >= 11 is 0. The molecule has 6 nitrogen and oxygen atoms in total. The molecule has 7 heteroatoms. The highest BCUT2D eigenvalue weighted by molar-refractivity contribution is 7.89. The Labute approximate surface area is 181 Å². The van der Waals surface area contributed by atoms with Crippen LogP contribution in [-0.4, -0.2) is 41.7 Å². The minimum atomic E-state index is -3.75. The van der Waals surface area contributed by atoms with E-state index >= 15 is 0 Å². The smallest absolute Gasteiger partial charge is 0.261 e. The quantitative estimate of drug-likeness (QED) is 0.510. The molecular formula is C24H22N2O4S. The number of carbonyl (C=O) groups is 2. The molecule has 1 aliphatic heterocycles. The van der Waals surface area contributed by atoms with E-state index in [4.69, 9.17) is 0 Å². The molecule has 0 N–H and O–H groups in total. The van der Waals surface area contributed by atoms with Crippen molar-refractivity contribution in [1.82, 2.24) is 9.21 Å². The predicted molar refractivity (Wildman–Crippen MR) is 118 cm³/mol. The van der Waals surface area contributed by atoms with Crippen LogP contribution in [0, 0.1) is 0 Å². The molecule has 158 valence electrons. The van der Waals surface area contributed by atoms with E-state index in [1.807, 2.05) is 60.7 Å². The Morgan fingerprint density at radius 1 is 0.645 bits per heavy atom. The lowest BCUT2D eigenvalue weighted by Crippen LogP contribution is -2.39. The van der Waals surface area contributed by atoms with Crippen LogP contribution >= 0.6 is 0 Å². The van der Waals surface area contributed by atoms with Crippen LogP contribution in [0.3, 0.4) is 0 Å². The van der Waals surface area contributed by atoms with Crippen LogP contribution in [0.25, 0.3) is 0 Å². The lowest BCUT2D eigenvalue weighted by Gasteiger charge is -2.24. The second-order valence-electron chi connectivity index (χ2n) is 7.36. The minimum Gasteiger partial charge on any atom is -0.273 e. The second kappa shape index (κ2) is 8.83. The van der Waals surface area contributed by atoms with Crippen molar-refractivity contribution in [2.24, 2.45) is 0 Å². The zero-order valence-corrected chi connectivity index (χ0v) is 17.7. The van der Waals surface area contributed by atoms with Gasteiger partial charge in [0.2, 0.25) is 10.0 Å². The highest BCUT2D eigenvalue weighted by atomic mass is 32.2. The fraction of sp³-hybridized carbons (Fsp3) is 0.167. The predicted octanol–water partition coefficient (Wildman–Crippen LogP) is 3.31. The summed E-state index contributed by atoms with van der Waals surface area (Å²) < 4.78 is 27.9. The van der Waals surface area contributed by atoms with Gasteiger partial charge in [-0.25, -0.2) is 8.42 Å². The first kappa shape index (κ1) is 21.0. The minimum absolute atomic E-state index is 0.186. The van der Waals surface area contributed by atoms with Crippen LogP contribution in [0.2, 0.25) is 0 Å². The van der Waals surface area contributed by atoms with Gasteiger partial charge in [0.25, 0.3) is 11.8 Å². The molecule has 0 bridgehead atoms. The summed E-state index contributed by atoms with van der Waals surface area (Å²) in [4.78, 5) is 26.2. The van der Waals surface area contributed by atoms with E-state index in [0.717, 1.165) is 16.0 Å². The summed E-state index contributed by atoms with van der Waals surface area (Å²) in [6, 6.07) is 25.2. The molecule has 0 aliphatic carbocycles. The average molecular weight is 435 g/mol. The van der Waals surface area contributed by atoms with Gasteiger partial charge in [-0.3, -0.25) is 14.5 Å². The van der Waals surface area contributed by atoms with E-state index in [1.54, 1.807) is 24.3 Å². The van der Waals surface area contributed by atoms with Crippen LogP contribution in [0.5, 0.6) is 0 Å². The second-order valence-corrected chi connectivity index (χ2v) is 9.45. The van der Waals surface area contributed by atoms with Gasteiger partial charge in [-0.05, 0) is 23.3 Å². The summed E-state index contributed by atoms with van der Waals surface area (Å²) in [5.74, 6) is -1.24. The molecule has 1 aliphatic rings. The molecule has 0 aromatic heterocycles. The number of benzene rings is 3. The Morgan fingerprint density at radius 2 is 1.06 bits per heavy atom. The molecule has 4 rings (SSSR count). The third-order valence-electron chi connectivity index (χ3n) is 5.25. The summed E-state index contributed by atoms with van der Waals surface area (Å²) in [5.41, 5.74) is 2.36. The van der Waals surface area contributed by atoms with Crippen molar-refractivity contribution in [3.8, 4) is 0 Å². The topological polar surface area (TPSA) is 74.8 Å². The maximum Gasteiger partial charge on any atom is 0.261 e. The van der Waals surface area contributed by atoms with Crippen molar-refractivity contribution in [3.05, 3.63) is 107 Å². The Balaban J connectivity index is 1.53. The molecule has 0 spiro atoms. The highest BCUT2D eigenvalue weighted by Gasteiger charge is 2.36. The van der Waals surface area contributed by atoms with Gasteiger partial charge in [-0.2, -0.15) is 4.31 Å². The van der Waals surface area contributed by atoms with E-state index in [1.165, 1.54) is 4.31 Å². The highest BCUT2D eigenvalue weighted by Crippen LogP contribution is 2.23. The molecule has 31 heavy (non-hydrogen) atoms. The number of rotatable bonds is 8. The Hall–Kier alpha value is -3.29. The first-order chi connectivity index (χ1) is 15.0.